The molecule has 108 valence electrons. The third-order valence-corrected chi connectivity index (χ3v) is 2.82. The SMILES string of the molecule is CCNC(CCC(F)(F)F)c1cc(C)c(F)cc1F. The van der Waals surface area contributed by atoms with Gasteiger partial charge in [-0.25, -0.2) is 8.78 Å². The van der Waals surface area contributed by atoms with E-state index in [1.54, 1.807) is 6.92 Å². The average Bonchev–Trinajstić information content (AvgIpc) is 2.28. The van der Waals surface area contributed by atoms with E-state index in [2.05, 4.69) is 5.32 Å². The van der Waals surface area contributed by atoms with Crippen molar-refractivity contribution in [2.24, 2.45) is 0 Å². The Kier molecular flexibility index (Phi) is 5.29. The third-order valence-electron chi connectivity index (χ3n) is 2.82. The van der Waals surface area contributed by atoms with Crippen molar-refractivity contribution in [2.45, 2.75) is 38.9 Å². The summed E-state index contributed by atoms with van der Waals surface area (Å²) in [6, 6.07) is 1.20. The first-order chi connectivity index (χ1) is 8.74. The maximum Gasteiger partial charge on any atom is 0.389 e. The summed E-state index contributed by atoms with van der Waals surface area (Å²) in [7, 11) is 0. The Morgan fingerprint density at radius 3 is 2.32 bits per heavy atom. The van der Waals surface area contributed by atoms with Gasteiger partial charge in [0.1, 0.15) is 11.6 Å². The molecule has 0 aliphatic heterocycles. The van der Waals surface area contributed by atoms with Gasteiger partial charge in [-0.3, -0.25) is 0 Å². The fraction of sp³-hybridized carbons (Fsp3) is 0.538. The van der Waals surface area contributed by atoms with Crippen molar-refractivity contribution in [1.29, 1.82) is 0 Å². The van der Waals surface area contributed by atoms with Crippen LogP contribution in [0.5, 0.6) is 0 Å². The number of halogens is 5. The van der Waals surface area contributed by atoms with E-state index in [1.165, 1.54) is 13.0 Å². The number of aryl methyl sites for hydroxylation is 1. The highest BCUT2D eigenvalue weighted by molar-refractivity contribution is 5.28. The van der Waals surface area contributed by atoms with Crippen LogP contribution >= 0.6 is 0 Å². The third kappa shape index (κ3) is 4.78. The van der Waals surface area contributed by atoms with Gasteiger partial charge in [0.15, 0.2) is 0 Å². The number of benzene rings is 1. The van der Waals surface area contributed by atoms with Crippen LogP contribution in [0.4, 0.5) is 22.0 Å². The summed E-state index contributed by atoms with van der Waals surface area (Å²) >= 11 is 0. The van der Waals surface area contributed by atoms with Crippen LogP contribution in [0.25, 0.3) is 0 Å². The van der Waals surface area contributed by atoms with E-state index in [0.29, 0.717) is 12.6 Å². The Morgan fingerprint density at radius 2 is 1.79 bits per heavy atom. The van der Waals surface area contributed by atoms with E-state index in [0.717, 1.165) is 0 Å². The zero-order chi connectivity index (χ0) is 14.6. The van der Waals surface area contributed by atoms with Crippen LogP contribution in [-0.4, -0.2) is 12.7 Å². The van der Waals surface area contributed by atoms with Gasteiger partial charge in [0, 0.05) is 24.1 Å². The van der Waals surface area contributed by atoms with Gasteiger partial charge in [0.05, 0.1) is 0 Å². The summed E-state index contributed by atoms with van der Waals surface area (Å²) in [4.78, 5) is 0. The first-order valence-corrected chi connectivity index (χ1v) is 6.00. The molecule has 0 heterocycles. The molecule has 0 fully saturated rings. The van der Waals surface area contributed by atoms with Gasteiger partial charge in [-0.2, -0.15) is 13.2 Å². The fourth-order valence-corrected chi connectivity index (χ4v) is 1.87. The molecule has 0 aliphatic rings. The van der Waals surface area contributed by atoms with Gasteiger partial charge in [0.25, 0.3) is 0 Å². The topological polar surface area (TPSA) is 12.0 Å². The van der Waals surface area contributed by atoms with Crippen molar-refractivity contribution < 1.29 is 22.0 Å². The van der Waals surface area contributed by atoms with Crippen molar-refractivity contribution in [3.05, 3.63) is 34.9 Å². The van der Waals surface area contributed by atoms with Gasteiger partial charge < -0.3 is 5.32 Å². The highest BCUT2D eigenvalue weighted by atomic mass is 19.4. The Balaban J connectivity index is 2.95. The van der Waals surface area contributed by atoms with E-state index in [1.807, 2.05) is 0 Å². The molecule has 1 aromatic carbocycles. The number of rotatable bonds is 5. The molecule has 0 aliphatic carbocycles. The van der Waals surface area contributed by atoms with Crippen molar-refractivity contribution in [2.75, 3.05) is 6.54 Å². The minimum atomic E-state index is -4.29. The fourth-order valence-electron chi connectivity index (χ4n) is 1.87. The first-order valence-electron chi connectivity index (χ1n) is 6.00. The van der Waals surface area contributed by atoms with Crippen LogP contribution in [0.2, 0.25) is 0 Å². The second kappa shape index (κ2) is 6.32. The Morgan fingerprint density at radius 1 is 1.16 bits per heavy atom. The van der Waals surface area contributed by atoms with Crippen LogP contribution in [0.1, 0.15) is 36.9 Å². The van der Waals surface area contributed by atoms with Gasteiger partial charge in [-0.05, 0) is 31.5 Å². The molecule has 6 heteroatoms. The molecule has 0 radical (unpaired) electrons. The first kappa shape index (κ1) is 15.9. The second-order valence-electron chi connectivity index (χ2n) is 4.39. The molecule has 1 N–H and O–H groups in total. The van der Waals surface area contributed by atoms with E-state index >= 15 is 0 Å². The largest absolute Gasteiger partial charge is 0.389 e. The van der Waals surface area contributed by atoms with E-state index in [4.69, 9.17) is 0 Å². The smallest absolute Gasteiger partial charge is 0.310 e. The summed E-state index contributed by atoms with van der Waals surface area (Å²) in [5, 5.41) is 2.80. The van der Waals surface area contributed by atoms with Crippen molar-refractivity contribution in [1.82, 2.24) is 5.32 Å². The maximum absolute atomic E-state index is 13.7. The van der Waals surface area contributed by atoms with Crippen molar-refractivity contribution in [3.63, 3.8) is 0 Å². The lowest BCUT2D eigenvalue weighted by Gasteiger charge is -2.20. The minimum absolute atomic E-state index is 0.0741. The summed E-state index contributed by atoms with van der Waals surface area (Å²) in [5.74, 6) is -1.52. The number of hydrogen-bond acceptors (Lipinski definition) is 1. The van der Waals surface area contributed by atoms with Crippen LogP contribution in [-0.2, 0) is 0 Å². The highest BCUT2D eigenvalue weighted by Gasteiger charge is 2.29. The molecule has 0 bridgehead atoms. The zero-order valence-electron chi connectivity index (χ0n) is 10.7. The minimum Gasteiger partial charge on any atom is -0.310 e. The molecule has 19 heavy (non-hydrogen) atoms. The quantitative estimate of drug-likeness (QED) is 0.795. The van der Waals surface area contributed by atoms with Gasteiger partial charge in [-0.1, -0.05) is 6.92 Å². The molecule has 0 spiro atoms. The summed E-state index contributed by atoms with van der Waals surface area (Å²) in [6.07, 6.45) is -5.58. The van der Waals surface area contributed by atoms with Crippen molar-refractivity contribution in [3.8, 4) is 0 Å². The number of hydrogen-bond donors (Lipinski definition) is 1. The molecule has 0 saturated heterocycles. The number of nitrogens with one attached hydrogen (secondary N) is 1. The van der Waals surface area contributed by atoms with E-state index in [9.17, 15) is 22.0 Å². The van der Waals surface area contributed by atoms with Crippen LogP contribution in [0, 0.1) is 18.6 Å². The predicted molar refractivity (Wildman–Crippen MR) is 62.8 cm³/mol. The highest BCUT2D eigenvalue weighted by Crippen LogP contribution is 2.29. The summed E-state index contributed by atoms with van der Waals surface area (Å²) in [5.41, 5.74) is 0.288. The molecule has 1 atom stereocenters. The number of alkyl halides is 3. The van der Waals surface area contributed by atoms with Crippen LogP contribution in [0.3, 0.4) is 0 Å². The summed E-state index contributed by atoms with van der Waals surface area (Å²) in [6.45, 7) is 3.57. The average molecular weight is 281 g/mol. The standard InChI is InChI=1S/C13H16F5N/c1-3-19-12(4-5-13(16,17)18)9-6-8(2)10(14)7-11(9)15/h6-7,12,19H,3-5H2,1-2H3. The lowest BCUT2D eigenvalue weighted by atomic mass is 9.99. The Bertz CT molecular complexity index is 428. The van der Waals surface area contributed by atoms with Crippen LogP contribution in [0.15, 0.2) is 12.1 Å². The van der Waals surface area contributed by atoms with Gasteiger partial charge in [-0.15, -0.1) is 0 Å². The molecule has 1 nitrogen and oxygen atoms in total. The normalized spacial score (nSPS) is 13.6. The molecule has 1 aromatic rings. The molecule has 0 saturated carbocycles. The molecule has 0 aromatic heterocycles. The Hall–Kier alpha value is -1.17. The van der Waals surface area contributed by atoms with Gasteiger partial charge >= 0.3 is 6.18 Å². The summed E-state index contributed by atoms with van der Waals surface area (Å²) < 4.78 is 63.5. The zero-order valence-corrected chi connectivity index (χ0v) is 10.7. The van der Waals surface area contributed by atoms with Gasteiger partial charge in [0.2, 0.25) is 0 Å². The molecule has 1 rings (SSSR count). The Labute approximate surface area is 108 Å². The van der Waals surface area contributed by atoms with E-state index in [-0.39, 0.29) is 17.5 Å². The lowest BCUT2D eigenvalue weighted by molar-refractivity contribution is -0.136. The predicted octanol–water partition coefficient (Wildman–Crippen LogP) is 4.27. The molecule has 1 unspecified atom stereocenters. The molecular formula is C13H16F5N. The van der Waals surface area contributed by atoms with E-state index < -0.39 is 30.3 Å². The van der Waals surface area contributed by atoms with Crippen LogP contribution < -0.4 is 5.32 Å². The molecule has 0 amide bonds. The lowest BCUT2D eigenvalue weighted by Crippen LogP contribution is -2.24. The molecular weight excluding hydrogens is 265 g/mol. The maximum atomic E-state index is 13.7. The monoisotopic (exact) mass is 281 g/mol. The second-order valence-corrected chi connectivity index (χ2v) is 4.39. The van der Waals surface area contributed by atoms with Crippen molar-refractivity contribution >= 4 is 0 Å².